The third kappa shape index (κ3) is 6.86. The maximum Gasteiger partial charge on any atom is 0.573 e. The minimum atomic E-state index is -4.91. The first kappa shape index (κ1) is 24.5. The summed E-state index contributed by atoms with van der Waals surface area (Å²) in [5.41, 5.74) is 0.564. The van der Waals surface area contributed by atoms with Crippen LogP contribution in [0.15, 0.2) is 47.4 Å². The number of carbonyl (C=O) groups excluding carboxylic acids is 1. The molecule has 1 amide bonds. The van der Waals surface area contributed by atoms with Gasteiger partial charge in [0.2, 0.25) is 0 Å². The molecule has 3 N–H and O–H groups in total. The van der Waals surface area contributed by atoms with E-state index in [2.05, 4.69) is 14.8 Å². The number of halogens is 3. The molecular formula is C20H23F3N2O5S. The van der Waals surface area contributed by atoms with Crippen molar-refractivity contribution in [1.29, 1.82) is 0 Å². The van der Waals surface area contributed by atoms with Crippen LogP contribution in [0, 0.1) is 5.92 Å². The molecule has 1 atom stereocenters. The number of nitrogens with one attached hydrogen (secondary N) is 2. The van der Waals surface area contributed by atoms with E-state index in [0.717, 1.165) is 12.1 Å². The second-order valence-electron chi connectivity index (χ2n) is 7.04. The molecule has 0 bridgehead atoms. The van der Waals surface area contributed by atoms with Gasteiger partial charge >= 0.3 is 6.36 Å². The fraction of sp³-hybridized carbons (Fsp3) is 0.350. The Labute approximate surface area is 178 Å². The molecule has 0 spiro atoms. The molecule has 0 fully saturated rings. The highest BCUT2D eigenvalue weighted by Gasteiger charge is 2.31. The predicted molar refractivity (Wildman–Crippen MR) is 109 cm³/mol. The quantitative estimate of drug-likeness (QED) is 0.554. The van der Waals surface area contributed by atoms with Crippen LogP contribution in [0.5, 0.6) is 5.75 Å². The second kappa shape index (κ2) is 9.56. The van der Waals surface area contributed by atoms with Gasteiger partial charge in [-0.05, 0) is 48.2 Å². The van der Waals surface area contributed by atoms with Crippen molar-refractivity contribution in [3.05, 3.63) is 48.0 Å². The highest BCUT2D eigenvalue weighted by atomic mass is 32.2. The van der Waals surface area contributed by atoms with Crippen LogP contribution in [-0.2, 0) is 21.2 Å². The minimum absolute atomic E-state index is 0.0976. The lowest BCUT2D eigenvalue weighted by Gasteiger charge is -2.16. The number of sulfonamides is 1. The Morgan fingerprint density at radius 3 is 2.39 bits per heavy atom. The number of aliphatic hydroxyl groups excluding tert-OH is 1. The third-order valence-corrected chi connectivity index (χ3v) is 5.70. The normalized spacial score (nSPS) is 13.0. The number of rotatable bonds is 8. The standard InChI is InChI=1S/C20H23F3N2O5S/c1-4-13-10-14(24-19(27)18(26)12(2)3)8-9-17(13)31(28,29)25-15-6-5-7-16(11-15)30-20(21,22)23/h5-12,18,25-26H,4H2,1-3H3,(H,24,27)/t18-/m0/s1. The van der Waals surface area contributed by atoms with Gasteiger partial charge in [0.05, 0.1) is 10.6 Å². The number of benzene rings is 2. The molecule has 0 aliphatic heterocycles. The molecule has 2 aromatic carbocycles. The fourth-order valence-corrected chi connectivity index (χ4v) is 4.02. The molecule has 2 rings (SSSR count). The van der Waals surface area contributed by atoms with E-state index in [1.54, 1.807) is 20.8 Å². The molecule has 7 nitrogen and oxygen atoms in total. The van der Waals surface area contributed by atoms with Crippen LogP contribution in [0.3, 0.4) is 0 Å². The number of hydrogen-bond acceptors (Lipinski definition) is 5. The zero-order chi connectivity index (χ0) is 23.4. The van der Waals surface area contributed by atoms with Crippen molar-refractivity contribution in [3.63, 3.8) is 0 Å². The number of hydrogen-bond donors (Lipinski definition) is 3. The Morgan fingerprint density at radius 1 is 1.13 bits per heavy atom. The third-order valence-electron chi connectivity index (χ3n) is 4.22. The molecule has 31 heavy (non-hydrogen) atoms. The Morgan fingerprint density at radius 2 is 1.81 bits per heavy atom. The Kier molecular flexibility index (Phi) is 7.55. The smallest absolute Gasteiger partial charge is 0.406 e. The van der Waals surface area contributed by atoms with Crippen LogP contribution >= 0.6 is 0 Å². The highest BCUT2D eigenvalue weighted by Crippen LogP contribution is 2.28. The van der Waals surface area contributed by atoms with Gasteiger partial charge < -0.3 is 15.2 Å². The molecule has 0 aromatic heterocycles. The molecule has 0 saturated heterocycles. The average molecular weight is 460 g/mol. The molecule has 170 valence electrons. The van der Waals surface area contributed by atoms with Gasteiger partial charge in [0.15, 0.2) is 0 Å². The first-order valence-electron chi connectivity index (χ1n) is 9.33. The number of carbonyl (C=O) groups is 1. The number of alkyl halides is 3. The summed E-state index contributed by atoms with van der Waals surface area (Å²) in [5, 5.41) is 12.4. The maximum absolute atomic E-state index is 12.8. The first-order chi connectivity index (χ1) is 14.3. The monoisotopic (exact) mass is 460 g/mol. The molecule has 11 heteroatoms. The lowest BCUT2D eigenvalue weighted by Crippen LogP contribution is -2.32. The van der Waals surface area contributed by atoms with Gasteiger partial charge in [0.25, 0.3) is 15.9 Å². The molecule has 0 aliphatic rings. The number of aliphatic hydroxyl groups is 1. The lowest BCUT2D eigenvalue weighted by atomic mass is 10.1. The van der Waals surface area contributed by atoms with E-state index in [1.807, 2.05) is 0 Å². The van der Waals surface area contributed by atoms with Crippen LogP contribution in [-0.4, -0.2) is 31.9 Å². The van der Waals surface area contributed by atoms with Crippen LogP contribution < -0.4 is 14.8 Å². The van der Waals surface area contributed by atoms with E-state index >= 15 is 0 Å². The van der Waals surface area contributed by atoms with Crippen molar-refractivity contribution in [2.24, 2.45) is 5.92 Å². The summed E-state index contributed by atoms with van der Waals surface area (Å²) in [6, 6.07) is 8.57. The average Bonchev–Trinajstić information content (AvgIpc) is 2.65. The van der Waals surface area contributed by atoms with Crippen LogP contribution in [0.2, 0.25) is 0 Å². The molecule has 0 saturated carbocycles. The molecule has 0 heterocycles. The number of ether oxygens (including phenoxy) is 1. The van der Waals surface area contributed by atoms with Crippen molar-refractivity contribution < 1.29 is 36.2 Å². The minimum Gasteiger partial charge on any atom is -0.406 e. The molecule has 0 aliphatic carbocycles. The van der Waals surface area contributed by atoms with Crippen LogP contribution in [0.4, 0.5) is 24.5 Å². The van der Waals surface area contributed by atoms with E-state index in [9.17, 15) is 31.5 Å². The summed E-state index contributed by atoms with van der Waals surface area (Å²) in [6.07, 6.45) is -5.83. The number of anilines is 2. The van der Waals surface area contributed by atoms with Gasteiger partial charge in [0.1, 0.15) is 11.9 Å². The summed E-state index contributed by atoms with van der Waals surface area (Å²) >= 11 is 0. The SMILES string of the molecule is CCc1cc(NC(=O)[C@@H](O)C(C)C)ccc1S(=O)(=O)Nc1cccc(OC(F)(F)F)c1. The van der Waals surface area contributed by atoms with Crippen molar-refractivity contribution in [2.45, 2.75) is 44.6 Å². The molecule has 2 aromatic rings. The van der Waals surface area contributed by atoms with Gasteiger partial charge in [-0.3, -0.25) is 9.52 Å². The van der Waals surface area contributed by atoms with Crippen molar-refractivity contribution in [1.82, 2.24) is 0 Å². The Bertz CT molecular complexity index is 1040. The van der Waals surface area contributed by atoms with Gasteiger partial charge in [-0.15, -0.1) is 13.2 Å². The summed E-state index contributed by atoms with van der Waals surface area (Å²) in [4.78, 5) is 11.9. The zero-order valence-corrected chi connectivity index (χ0v) is 17.8. The largest absolute Gasteiger partial charge is 0.573 e. The van der Waals surface area contributed by atoms with Crippen molar-refractivity contribution in [2.75, 3.05) is 10.0 Å². The summed E-state index contributed by atoms with van der Waals surface area (Å²) in [6.45, 7) is 5.07. The zero-order valence-electron chi connectivity index (χ0n) is 17.0. The van der Waals surface area contributed by atoms with E-state index in [1.165, 1.54) is 30.3 Å². The van der Waals surface area contributed by atoms with Gasteiger partial charge in [-0.1, -0.05) is 26.8 Å². The summed E-state index contributed by atoms with van der Waals surface area (Å²) in [7, 11) is -4.14. The predicted octanol–water partition coefficient (Wildman–Crippen LogP) is 3.90. The lowest BCUT2D eigenvalue weighted by molar-refractivity contribution is -0.274. The maximum atomic E-state index is 12.8. The molecule has 0 unspecified atom stereocenters. The fourth-order valence-electron chi connectivity index (χ4n) is 2.68. The van der Waals surface area contributed by atoms with Gasteiger partial charge in [-0.2, -0.15) is 0 Å². The highest BCUT2D eigenvalue weighted by molar-refractivity contribution is 7.92. The molecular weight excluding hydrogens is 437 g/mol. The number of aryl methyl sites for hydroxylation is 1. The van der Waals surface area contributed by atoms with E-state index in [-0.39, 0.29) is 16.5 Å². The van der Waals surface area contributed by atoms with E-state index in [0.29, 0.717) is 17.7 Å². The first-order valence-corrected chi connectivity index (χ1v) is 10.8. The second-order valence-corrected chi connectivity index (χ2v) is 8.69. The van der Waals surface area contributed by atoms with Crippen LogP contribution in [0.25, 0.3) is 0 Å². The van der Waals surface area contributed by atoms with Gasteiger partial charge in [0, 0.05) is 11.8 Å². The van der Waals surface area contributed by atoms with E-state index < -0.39 is 34.1 Å². The Hall–Kier alpha value is -2.79. The summed E-state index contributed by atoms with van der Waals surface area (Å²) in [5.74, 6) is -1.48. The van der Waals surface area contributed by atoms with Crippen molar-refractivity contribution in [3.8, 4) is 5.75 Å². The van der Waals surface area contributed by atoms with E-state index in [4.69, 9.17) is 0 Å². The van der Waals surface area contributed by atoms with Crippen LogP contribution in [0.1, 0.15) is 26.3 Å². The van der Waals surface area contributed by atoms with Gasteiger partial charge in [-0.25, -0.2) is 8.42 Å². The number of amides is 1. The Balaban J connectivity index is 2.27. The summed E-state index contributed by atoms with van der Waals surface area (Å²) < 4.78 is 68.8. The van der Waals surface area contributed by atoms with Crippen molar-refractivity contribution >= 4 is 27.3 Å². The molecule has 0 radical (unpaired) electrons. The topological polar surface area (TPSA) is 105 Å².